The summed E-state index contributed by atoms with van der Waals surface area (Å²) in [7, 11) is 0. The molecule has 0 aliphatic carbocycles. The van der Waals surface area contributed by atoms with Crippen LogP contribution in [0, 0.1) is 11.3 Å². The molecule has 0 unspecified atom stereocenters. The number of rotatable bonds is 3. The van der Waals surface area contributed by atoms with Gasteiger partial charge >= 0.3 is 0 Å². The summed E-state index contributed by atoms with van der Waals surface area (Å²) in [5.41, 5.74) is 3.38. The zero-order chi connectivity index (χ0) is 13.9. The molecule has 0 aliphatic heterocycles. The van der Waals surface area contributed by atoms with Crippen LogP contribution in [0.25, 0.3) is 10.9 Å². The minimum atomic E-state index is 0.401. The predicted molar refractivity (Wildman–Crippen MR) is 81.8 cm³/mol. The molecule has 3 rings (SSSR count). The van der Waals surface area contributed by atoms with Gasteiger partial charge in [0.05, 0.1) is 12.5 Å². The Balaban J connectivity index is 2.09. The Labute approximate surface area is 122 Å². The molecule has 98 valence electrons. The molecule has 3 aromatic rings. The summed E-state index contributed by atoms with van der Waals surface area (Å²) in [6.07, 6.45) is 2.45. The monoisotopic (exact) mass is 280 g/mol. The molecule has 0 N–H and O–H groups in total. The second kappa shape index (κ2) is 5.40. The Bertz CT molecular complexity index is 782. The van der Waals surface area contributed by atoms with Crippen molar-refractivity contribution in [1.29, 1.82) is 5.26 Å². The van der Waals surface area contributed by atoms with Gasteiger partial charge in [0, 0.05) is 28.7 Å². The van der Waals surface area contributed by atoms with E-state index in [1.807, 2.05) is 36.4 Å². The van der Waals surface area contributed by atoms with Crippen molar-refractivity contribution in [2.45, 2.75) is 13.0 Å². The smallest absolute Gasteiger partial charge is 0.0670 e. The molecule has 1 aromatic heterocycles. The fourth-order valence-electron chi connectivity index (χ4n) is 2.48. The van der Waals surface area contributed by atoms with Crippen molar-refractivity contribution in [3.8, 4) is 6.07 Å². The van der Waals surface area contributed by atoms with Crippen LogP contribution in [0.2, 0.25) is 5.02 Å². The van der Waals surface area contributed by atoms with Gasteiger partial charge in [0.15, 0.2) is 0 Å². The fourth-order valence-corrected chi connectivity index (χ4v) is 2.65. The number of hydrogen-bond donors (Lipinski definition) is 0. The number of hydrogen-bond acceptors (Lipinski definition) is 1. The lowest BCUT2D eigenvalue weighted by atomic mass is 10.1. The molecule has 0 fully saturated rings. The van der Waals surface area contributed by atoms with Crippen LogP contribution in [0.5, 0.6) is 0 Å². The number of aromatic nitrogens is 1. The number of nitrogens with zero attached hydrogens (tertiary/aromatic N) is 2. The quantitative estimate of drug-likeness (QED) is 0.698. The summed E-state index contributed by atoms with van der Waals surface area (Å²) in [6.45, 7) is 0.796. The van der Waals surface area contributed by atoms with E-state index in [0.29, 0.717) is 11.4 Å². The van der Waals surface area contributed by atoms with E-state index in [-0.39, 0.29) is 0 Å². The van der Waals surface area contributed by atoms with Gasteiger partial charge in [0.25, 0.3) is 0 Å². The van der Waals surface area contributed by atoms with E-state index in [0.717, 1.165) is 23.0 Å². The minimum Gasteiger partial charge on any atom is -0.343 e. The number of benzene rings is 2. The van der Waals surface area contributed by atoms with E-state index in [2.05, 4.69) is 29.0 Å². The molecule has 1 heterocycles. The van der Waals surface area contributed by atoms with Crippen LogP contribution in [-0.4, -0.2) is 4.57 Å². The summed E-state index contributed by atoms with van der Waals surface area (Å²) in [6, 6.07) is 18.3. The van der Waals surface area contributed by atoms with E-state index < -0.39 is 0 Å². The maximum atomic E-state index is 8.96. The highest BCUT2D eigenvalue weighted by Gasteiger charge is 2.09. The molecule has 0 radical (unpaired) electrons. The van der Waals surface area contributed by atoms with Gasteiger partial charge in [-0.1, -0.05) is 41.9 Å². The maximum absolute atomic E-state index is 8.96. The van der Waals surface area contributed by atoms with Crippen LogP contribution in [0.4, 0.5) is 0 Å². The topological polar surface area (TPSA) is 28.7 Å². The van der Waals surface area contributed by atoms with E-state index in [9.17, 15) is 0 Å². The van der Waals surface area contributed by atoms with Crippen LogP contribution >= 0.6 is 11.6 Å². The van der Waals surface area contributed by atoms with Crippen molar-refractivity contribution in [3.63, 3.8) is 0 Å². The first-order chi connectivity index (χ1) is 9.78. The molecule has 3 heteroatoms. The highest BCUT2D eigenvalue weighted by atomic mass is 35.5. The Morgan fingerprint density at radius 1 is 1.10 bits per heavy atom. The van der Waals surface area contributed by atoms with Crippen molar-refractivity contribution in [1.82, 2.24) is 4.57 Å². The third kappa shape index (κ3) is 2.41. The Kier molecular flexibility index (Phi) is 3.45. The fraction of sp³-hybridized carbons (Fsp3) is 0.118. The lowest BCUT2D eigenvalue weighted by Crippen LogP contribution is -1.97. The molecule has 0 bridgehead atoms. The van der Waals surface area contributed by atoms with Gasteiger partial charge in [-0.2, -0.15) is 5.26 Å². The summed E-state index contributed by atoms with van der Waals surface area (Å²) < 4.78 is 2.17. The molecule has 20 heavy (non-hydrogen) atoms. The Morgan fingerprint density at radius 3 is 2.65 bits per heavy atom. The predicted octanol–water partition coefficient (Wildman–Crippen LogP) is 4.41. The molecule has 0 saturated carbocycles. The summed E-state index contributed by atoms with van der Waals surface area (Å²) in [5.74, 6) is 0. The Hall–Kier alpha value is -2.24. The summed E-state index contributed by atoms with van der Waals surface area (Å²) in [5, 5.41) is 10.7. The first kappa shape index (κ1) is 12.8. The Morgan fingerprint density at radius 2 is 1.90 bits per heavy atom. The van der Waals surface area contributed by atoms with Crippen molar-refractivity contribution >= 4 is 22.5 Å². The highest BCUT2D eigenvalue weighted by molar-refractivity contribution is 6.31. The SMILES string of the molecule is N#CCc1cn(Cc2ccccc2)c2ccc(Cl)cc12. The van der Waals surface area contributed by atoms with E-state index >= 15 is 0 Å². The number of nitriles is 1. The normalized spacial score (nSPS) is 10.6. The summed E-state index contributed by atoms with van der Waals surface area (Å²) in [4.78, 5) is 0. The van der Waals surface area contributed by atoms with Gasteiger partial charge in [0.1, 0.15) is 0 Å². The minimum absolute atomic E-state index is 0.401. The third-order valence-corrected chi connectivity index (χ3v) is 3.63. The molecule has 0 amide bonds. The van der Waals surface area contributed by atoms with Gasteiger partial charge in [-0.05, 0) is 29.3 Å². The number of halogens is 1. The van der Waals surface area contributed by atoms with E-state index in [4.69, 9.17) is 16.9 Å². The first-order valence-electron chi connectivity index (χ1n) is 6.46. The van der Waals surface area contributed by atoms with Crippen LogP contribution in [0.15, 0.2) is 54.7 Å². The van der Waals surface area contributed by atoms with Crippen molar-refractivity contribution < 1.29 is 0 Å². The van der Waals surface area contributed by atoms with Crippen LogP contribution in [0.3, 0.4) is 0 Å². The molecular formula is C17H13ClN2. The van der Waals surface area contributed by atoms with Gasteiger partial charge < -0.3 is 4.57 Å². The maximum Gasteiger partial charge on any atom is 0.0670 e. The largest absolute Gasteiger partial charge is 0.343 e. The van der Waals surface area contributed by atoms with Crippen LogP contribution < -0.4 is 0 Å². The molecule has 2 nitrogen and oxygen atoms in total. The first-order valence-corrected chi connectivity index (χ1v) is 6.84. The van der Waals surface area contributed by atoms with E-state index in [1.165, 1.54) is 5.56 Å². The third-order valence-electron chi connectivity index (χ3n) is 3.39. The van der Waals surface area contributed by atoms with E-state index in [1.54, 1.807) is 0 Å². The number of fused-ring (bicyclic) bond motifs is 1. The van der Waals surface area contributed by atoms with Gasteiger partial charge in [-0.25, -0.2) is 0 Å². The zero-order valence-electron chi connectivity index (χ0n) is 10.9. The van der Waals surface area contributed by atoms with Crippen molar-refractivity contribution in [2.75, 3.05) is 0 Å². The highest BCUT2D eigenvalue weighted by Crippen LogP contribution is 2.26. The summed E-state index contributed by atoms with van der Waals surface area (Å²) >= 11 is 6.07. The van der Waals surface area contributed by atoms with Crippen LogP contribution in [0.1, 0.15) is 11.1 Å². The molecule has 0 saturated heterocycles. The van der Waals surface area contributed by atoms with Crippen molar-refractivity contribution in [3.05, 3.63) is 70.9 Å². The van der Waals surface area contributed by atoms with Gasteiger partial charge in [-0.15, -0.1) is 0 Å². The van der Waals surface area contributed by atoms with Crippen molar-refractivity contribution in [2.24, 2.45) is 0 Å². The molecule has 2 aromatic carbocycles. The molecule has 0 atom stereocenters. The molecule has 0 aliphatic rings. The average Bonchev–Trinajstić information content (AvgIpc) is 2.78. The van der Waals surface area contributed by atoms with Gasteiger partial charge in [-0.3, -0.25) is 0 Å². The molecular weight excluding hydrogens is 268 g/mol. The second-order valence-corrected chi connectivity index (χ2v) is 5.20. The van der Waals surface area contributed by atoms with Crippen LogP contribution in [-0.2, 0) is 13.0 Å². The zero-order valence-corrected chi connectivity index (χ0v) is 11.6. The lowest BCUT2D eigenvalue weighted by Gasteiger charge is -2.05. The lowest BCUT2D eigenvalue weighted by molar-refractivity contribution is 0.833. The average molecular weight is 281 g/mol. The standard InChI is InChI=1S/C17H13ClN2/c18-15-6-7-17-16(10-15)14(8-9-19)12-20(17)11-13-4-2-1-3-5-13/h1-7,10,12H,8,11H2. The van der Waals surface area contributed by atoms with Gasteiger partial charge in [0.2, 0.25) is 0 Å². The molecule has 0 spiro atoms. The second-order valence-electron chi connectivity index (χ2n) is 4.76.